The minimum absolute atomic E-state index is 0.0349. The zero-order valence-electron chi connectivity index (χ0n) is 16.4. The standard InChI is InChI=1S/C23H17N3O4S/c24-11-18-15-5-1-2-6-19(15)31-21(18)25-20(27)13-7-8-16-17(10-13)23(29)26(22(16)28)12-14-4-3-9-30-14/h3-4,7-10H,1-2,5-6,12H2,(H,25,27). The van der Waals surface area contributed by atoms with Crippen LogP contribution in [0.15, 0.2) is 41.0 Å². The summed E-state index contributed by atoms with van der Waals surface area (Å²) in [7, 11) is 0. The number of carbonyl (C=O) groups is 3. The summed E-state index contributed by atoms with van der Waals surface area (Å²) in [5.41, 5.74) is 2.28. The largest absolute Gasteiger partial charge is 0.467 e. The fourth-order valence-electron chi connectivity index (χ4n) is 4.08. The molecule has 0 fully saturated rings. The molecular weight excluding hydrogens is 414 g/mol. The van der Waals surface area contributed by atoms with E-state index in [0.717, 1.165) is 41.0 Å². The number of aryl methyl sites for hydroxylation is 1. The lowest BCUT2D eigenvalue weighted by molar-refractivity contribution is 0.0631. The van der Waals surface area contributed by atoms with Gasteiger partial charge in [0, 0.05) is 10.4 Å². The SMILES string of the molecule is N#Cc1c(NC(=O)c2ccc3c(c2)C(=O)N(Cc2ccco2)C3=O)sc2c1CCCC2. The van der Waals surface area contributed by atoms with Crippen LogP contribution >= 0.6 is 11.3 Å². The lowest BCUT2D eigenvalue weighted by Crippen LogP contribution is -2.28. The molecule has 1 aliphatic carbocycles. The number of benzene rings is 1. The van der Waals surface area contributed by atoms with Gasteiger partial charge in [-0.25, -0.2) is 0 Å². The van der Waals surface area contributed by atoms with Crippen molar-refractivity contribution in [2.75, 3.05) is 5.32 Å². The number of furan rings is 1. The summed E-state index contributed by atoms with van der Waals surface area (Å²) in [4.78, 5) is 40.6. The van der Waals surface area contributed by atoms with Crippen LogP contribution in [0.5, 0.6) is 0 Å². The third-order valence-corrected chi connectivity index (χ3v) is 6.84. The molecule has 1 N–H and O–H groups in total. The van der Waals surface area contributed by atoms with E-state index in [0.29, 0.717) is 16.3 Å². The van der Waals surface area contributed by atoms with Crippen molar-refractivity contribution in [1.82, 2.24) is 4.90 Å². The fourth-order valence-corrected chi connectivity index (χ4v) is 5.32. The lowest BCUT2D eigenvalue weighted by Gasteiger charge is -2.11. The van der Waals surface area contributed by atoms with Gasteiger partial charge in [0.1, 0.15) is 16.8 Å². The van der Waals surface area contributed by atoms with Crippen LogP contribution in [-0.4, -0.2) is 22.6 Å². The molecule has 0 unspecified atom stereocenters. The molecule has 8 heteroatoms. The predicted molar refractivity (Wildman–Crippen MR) is 113 cm³/mol. The van der Waals surface area contributed by atoms with Crippen LogP contribution in [0.1, 0.15) is 65.7 Å². The highest BCUT2D eigenvalue weighted by Gasteiger charge is 2.36. The van der Waals surface area contributed by atoms with Crippen LogP contribution < -0.4 is 5.32 Å². The van der Waals surface area contributed by atoms with Crippen molar-refractivity contribution in [1.29, 1.82) is 5.26 Å². The highest BCUT2D eigenvalue weighted by molar-refractivity contribution is 7.16. The van der Waals surface area contributed by atoms with Crippen LogP contribution in [0.4, 0.5) is 5.00 Å². The average molecular weight is 431 g/mol. The molecule has 31 heavy (non-hydrogen) atoms. The maximum absolute atomic E-state index is 12.9. The van der Waals surface area contributed by atoms with Crippen LogP contribution in [-0.2, 0) is 19.4 Å². The Balaban J connectivity index is 1.40. The van der Waals surface area contributed by atoms with Gasteiger partial charge >= 0.3 is 0 Å². The highest BCUT2D eigenvalue weighted by atomic mass is 32.1. The molecule has 0 saturated heterocycles. The molecule has 0 saturated carbocycles. The van der Waals surface area contributed by atoms with Gasteiger partial charge in [0.2, 0.25) is 0 Å². The van der Waals surface area contributed by atoms with Gasteiger partial charge in [-0.15, -0.1) is 11.3 Å². The topological polar surface area (TPSA) is 103 Å². The van der Waals surface area contributed by atoms with Gasteiger partial charge in [-0.3, -0.25) is 19.3 Å². The van der Waals surface area contributed by atoms with Gasteiger partial charge in [-0.05, 0) is 61.6 Å². The van der Waals surface area contributed by atoms with Crippen molar-refractivity contribution < 1.29 is 18.8 Å². The van der Waals surface area contributed by atoms with E-state index in [9.17, 15) is 19.6 Å². The number of hydrogen-bond acceptors (Lipinski definition) is 6. The van der Waals surface area contributed by atoms with Crippen LogP contribution in [0.3, 0.4) is 0 Å². The summed E-state index contributed by atoms with van der Waals surface area (Å²) >= 11 is 1.44. The number of nitrogens with one attached hydrogen (secondary N) is 1. The van der Waals surface area contributed by atoms with Crippen molar-refractivity contribution in [2.45, 2.75) is 32.2 Å². The van der Waals surface area contributed by atoms with Crippen molar-refractivity contribution in [3.8, 4) is 6.07 Å². The maximum Gasteiger partial charge on any atom is 0.261 e. The minimum Gasteiger partial charge on any atom is -0.467 e. The Morgan fingerprint density at radius 2 is 1.97 bits per heavy atom. The molecule has 3 aromatic rings. The summed E-state index contributed by atoms with van der Waals surface area (Å²) in [6, 6.07) is 10.1. The van der Waals surface area contributed by atoms with Crippen LogP contribution in [0.2, 0.25) is 0 Å². The second-order valence-corrected chi connectivity index (χ2v) is 8.62. The Bertz CT molecular complexity index is 1270. The fraction of sp³-hybridized carbons (Fsp3) is 0.217. The molecule has 0 atom stereocenters. The first-order valence-electron chi connectivity index (χ1n) is 9.95. The van der Waals surface area contributed by atoms with E-state index in [-0.39, 0.29) is 23.2 Å². The Labute approximate surface area is 181 Å². The summed E-state index contributed by atoms with van der Waals surface area (Å²) in [6.45, 7) is 0.0349. The number of rotatable bonds is 4. The molecular formula is C23H17N3O4S. The second-order valence-electron chi connectivity index (χ2n) is 7.52. The van der Waals surface area contributed by atoms with Gasteiger partial charge in [-0.2, -0.15) is 5.26 Å². The van der Waals surface area contributed by atoms with Crippen LogP contribution in [0.25, 0.3) is 0 Å². The van der Waals surface area contributed by atoms with Gasteiger partial charge in [-0.1, -0.05) is 0 Å². The number of hydrogen-bond donors (Lipinski definition) is 1. The molecule has 0 spiro atoms. The van der Waals surface area contributed by atoms with Crippen molar-refractivity contribution in [2.24, 2.45) is 0 Å². The number of nitriles is 1. The van der Waals surface area contributed by atoms with E-state index in [4.69, 9.17) is 4.42 Å². The minimum atomic E-state index is -0.463. The number of thiophene rings is 1. The van der Waals surface area contributed by atoms with E-state index in [2.05, 4.69) is 11.4 Å². The van der Waals surface area contributed by atoms with Crippen molar-refractivity contribution in [3.63, 3.8) is 0 Å². The molecule has 7 nitrogen and oxygen atoms in total. The zero-order valence-corrected chi connectivity index (χ0v) is 17.3. The van der Waals surface area contributed by atoms with Gasteiger partial charge in [0.05, 0.1) is 29.5 Å². The normalized spacial score (nSPS) is 14.9. The molecule has 0 radical (unpaired) electrons. The number of nitrogens with zero attached hydrogens (tertiary/aromatic N) is 2. The molecule has 154 valence electrons. The highest BCUT2D eigenvalue weighted by Crippen LogP contribution is 2.38. The smallest absolute Gasteiger partial charge is 0.261 e. The number of imide groups is 1. The molecule has 5 rings (SSSR count). The number of carbonyl (C=O) groups excluding carboxylic acids is 3. The molecule has 1 aliphatic heterocycles. The van der Waals surface area contributed by atoms with E-state index >= 15 is 0 Å². The quantitative estimate of drug-likeness (QED) is 0.626. The Hall–Kier alpha value is -3.70. The maximum atomic E-state index is 12.9. The van der Waals surface area contributed by atoms with Gasteiger partial charge < -0.3 is 9.73 Å². The Morgan fingerprint density at radius 3 is 2.74 bits per heavy atom. The second kappa shape index (κ2) is 7.52. The number of amides is 3. The molecule has 2 aromatic heterocycles. The number of fused-ring (bicyclic) bond motifs is 2. The van der Waals surface area contributed by atoms with Gasteiger partial charge in [0.15, 0.2) is 0 Å². The summed E-state index contributed by atoms with van der Waals surface area (Å²) in [5.74, 6) is -0.794. The van der Waals surface area contributed by atoms with Crippen molar-refractivity contribution >= 4 is 34.1 Å². The molecule has 1 aromatic carbocycles. The molecule has 3 amide bonds. The van der Waals surface area contributed by atoms with Crippen molar-refractivity contribution in [3.05, 3.63) is 75.0 Å². The predicted octanol–water partition coefficient (Wildman–Crippen LogP) is 4.14. The van der Waals surface area contributed by atoms with Gasteiger partial charge in [0.25, 0.3) is 17.7 Å². The van der Waals surface area contributed by atoms with E-state index in [1.54, 1.807) is 12.1 Å². The van der Waals surface area contributed by atoms with E-state index in [1.165, 1.54) is 35.8 Å². The first kappa shape index (κ1) is 19.3. The number of anilines is 1. The Kier molecular flexibility index (Phi) is 4.68. The van der Waals surface area contributed by atoms with Crippen LogP contribution in [0, 0.1) is 11.3 Å². The third kappa shape index (κ3) is 3.23. The summed E-state index contributed by atoms with van der Waals surface area (Å²) in [6.07, 6.45) is 5.38. The Morgan fingerprint density at radius 1 is 1.16 bits per heavy atom. The molecule has 2 aliphatic rings. The monoisotopic (exact) mass is 431 g/mol. The third-order valence-electron chi connectivity index (χ3n) is 5.64. The first-order valence-corrected chi connectivity index (χ1v) is 10.8. The van der Waals surface area contributed by atoms with E-state index < -0.39 is 17.7 Å². The summed E-state index contributed by atoms with van der Waals surface area (Å²) in [5, 5.41) is 13.0. The average Bonchev–Trinajstić information content (AvgIpc) is 3.47. The lowest BCUT2D eigenvalue weighted by atomic mass is 9.96. The van der Waals surface area contributed by atoms with E-state index in [1.807, 2.05) is 0 Å². The summed E-state index contributed by atoms with van der Waals surface area (Å²) < 4.78 is 5.24. The zero-order chi connectivity index (χ0) is 21.5. The first-order chi connectivity index (χ1) is 15.1. The molecule has 3 heterocycles. The molecule has 0 bridgehead atoms.